The van der Waals surface area contributed by atoms with E-state index in [9.17, 15) is 9.90 Å². The van der Waals surface area contributed by atoms with E-state index < -0.39 is 0 Å². The second-order valence-electron chi connectivity index (χ2n) is 6.90. The lowest BCUT2D eigenvalue weighted by atomic mass is 9.86. The number of aryl methyl sites for hydroxylation is 2. The molecule has 3 rings (SSSR count). The number of fused-ring (bicyclic) bond motifs is 1. The first-order valence-corrected chi connectivity index (χ1v) is 9.35. The van der Waals surface area contributed by atoms with Gasteiger partial charge in [0.15, 0.2) is 0 Å². The number of nitrogens with zero attached hydrogens (tertiary/aromatic N) is 2. The molecule has 0 atom stereocenters. The molecule has 5 nitrogen and oxygen atoms in total. The Kier molecular flexibility index (Phi) is 5.63. The maximum Gasteiger partial charge on any atom is 0.251 e. The second kappa shape index (κ2) is 7.91. The number of rotatable bonds is 5. The molecule has 1 aliphatic carbocycles. The Bertz CT molecular complexity index is 752. The van der Waals surface area contributed by atoms with E-state index in [2.05, 4.69) is 24.1 Å². The Labute approximate surface area is 148 Å². The van der Waals surface area contributed by atoms with Crippen LogP contribution in [0.25, 0.3) is 11.0 Å². The maximum atomic E-state index is 12.6. The topological polar surface area (TPSA) is 75.1 Å². The minimum Gasteiger partial charge on any atom is -0.396 e. The molecule has 0 bridgehead atoms. The summed E-state index contributed by atoms with van der Waals surface area (Å²) < 4.78 is 0. The van der Waals surface area contributed by atoms with Gasteiger partial charge in [-0.25, -0.2) is 9.97 Å². The van der Waals surface area contributed by atoms with E-state index in [1.54, 1.807) is 0 Å². The lowest BCUT2D eigenvalue weighted by molar-refractivity contribution is 0.0914. The summed E-state index contributed by atoms with van der Waals surface area (Å²) in [6.45, 7) is 4.42. The smallest absolute Gasteiger partial charge is 0.251 e. The van der Waals surface area contributed by atoms with Crippen LogP contribution in [0.1, 0.15) is 61.3 Å². The quantitative estimate of drug-likeness (QED) is 0.876. The molecule has 1 fully saturated rings. The summed E-state index contributed by atoms with van der Waals surface area (Å²) in [6, 6.07) is 5.76. The Balaban J connectivity index is 1.75. The van der Waals surface area contributed by atoms with Gasteiger partial charge >= 0.3 is 0 Å². The van der Waals surface area contributed by atoms with Crippen molar-refractivity contribution >= 4 is 16.9 Å². The lowest BCUT2D eigenvalue weighted by Gasteiger charge is -2.28. The molecular weight excluding hydrogens is 314 g/mol. The van der Waals surface area contributed by atoms with Crippen molar-refractivity contribution in [2.75, 3.05) is 6.61 Å². The summed E-state index contributed by atoms with van der Waals surface area (Å²) in [5.74, 6) is 0.345. The largest absolute Gasteiger partial charge is 0.396 e. The Morgan fingerprint density at radius 2 is 1.72 bits per heavy atom. The summed E-state index contributed by atoms with van der Waals surface area (Å²) in [5.41, 5.74) is 4.31. The van der Waals surface area contributed by atoms with Gasteiger partial charge in [-0.3, -0.25) is 4.79 Å². The zero-order chi connectivity index (χ0) is 17.8. The van der Waals surface area contributed by atoms with Crippen molar-refractivity contribution in [1.82, 2.24) is 15.3 Å². The molecule has 1 amide bonds. The molecule has 134 valence electrons. The van der Waals surface area contributed by atoms with Gasteiger partial charge in [-0.15, -0.1) is 0 Å². The molecule has 1 heterocycles. The van der Waals surface area contributed by atoms with Crippen molar-refractivity contribution in [2.24, 2.45) is 5.92 Å². The SMILES string of the molecule is CCc1nc2ccc(C(=O)NC3CCC(CO)CC3)cc2nc1CC. The zero-order valence-corrected chi connectivity index (χ0v) is 15.1. The average molecular weight is 341 g/mol. The van der Waals surface area contributed by atoms with Crippen molar-refractivity contribution in [1.29, 1.82) is 0 Å². The average Bonchev–Trinajstić information content (AvgIpc) is 2.66. The molecule has 1 aliphatic rings. The Morgan fingerprint density at radius 3 is 2.32 bits per heavy atom. The molecule has 0 saturated heterocycles. The van der Waals surface area contributed by atoms with Crippen LogP contribution in [0, 0.1) is 5.92 Å². The third-order valence-corrected chi connectivity index (χ3v) is 5.19. The number of amides is 1. The van der Waals surface area contributed by atoms with Gasteiger partial charge in [-0.2, -0.15) is 0 Å². The number of benzene rings is 1. The number of aliphatic hydroxyl groups is 1. The van der Waals surface area contributed by atoms with E-state index in [0.29, 0.717) is 11.5 Å². The summed E-state index contributed by atoms with van der Waals surface area (Å²) in [5, 5.41) is 12.3. The first kappa shape index (κ1) is 17.8. The van der Waals surface area contributed by atoms with Crippen LogP contribution in [-0.4, -0.2) is 33.6 Å². The van der Waals surface area contributed by atoms with Crippen molar-refractivity contribution in [3.63, 3.8) is 0 Å². The van der Waals surface area contributed by atoms with Gasteiger partial charge in [0.2, 0.25) is 0 Å². The van der Waals surface area contributed by atoms with Crippen LogP contribution in [0.15, 0.2) is 18.2 Å². The molecule has 1 aromatic heterocycles. The van der Waals surface area contributed by atoms with Gasteiger partial charge < -0.3 is 10.4 Å². The van der Waals surface area contributed by atoms with Gasteiger partial charge in [0, 0.05) is 18.2 Å². The van der Waals surface area contributed by atoms with E-state index in [1.807, 2.05) is 18.2 Å². The fourth-order valence-corrected chi connectivity index (χ4v) is 3.59. The van der Waals surface area contributed by atoms with Crippen LogP contribution in [0.3, 0.4) is 0 Å². The van der Waals surface area contributed by atoms with Crippen molar-refractivity contribution < 1.29 is 9.90 Å². The van der Waals surface area contributed by atoms with E-state index in [0.717, 1.165) is 60.9 Å². The molecular formula is C20H27N3O2. The lowest BCUT2D eigenvalue weighted by Crippen LogP contribution is -2.38. The minimum absolute atomic E-state index is 0.0474. The highest BCUT2D eigenvalue weighted by Crippen LogP contribution is 2.24. The van der Waals surface area contributed by atoms with E-state index in [4.69, 9.17) is 4.98 Å². The first-order valence-electron chi connectivity index (χ1n) is 9.35. The number of aliphatic hydroxyl groups excluding tert-OH is 1. The predicted octanol–water partition coefficient (Wildman–Crippen LogP) is 3.04. The Hall–Kier alpha value is -2.01. The van der Waals surface area contributed by atoms with Crippen LogP contribution in [0.4, 0.5) is 0 Å². The van der Waals surface area contributed by atoms with E-state index >= 15 is 0 Å². The molecule has 25 heavy (non-hydrogen) atoms. The highest BCUT2D eigenvalue weighted by molar-refractivity contribution is 5.97. The van der Waals surface area contributed by atoms with Crippen molar-refractivity contribution in [3.8, 4) is 0 Å². The molecule has 5 heteroatoms. The highest BCUT2D eigenvalue weighted by Gasteiger charge is 2.22. The number of aromatic nitrogens is 2. The van der Waals surface area contributed by atoms with Gasteiger partial charge in [0.05, 0.1) is 22.4 Å². The third kappa shape index (κ3) is 3.98. The van der Waals surface area contributed by atoms with Crippen LogP contribution < -0.4 is 5.32 Å². The van der Waals surface area contributed by atoms with Gasteiger partial charge in [0.25, 0.3) is 5.91 Å². The molecule has 0 spiro atoms. The summed E-state index contributed by atoms with van der Waals surface area (Å²) in [6.07, 6.45) is 5.53. The number of carbonyl (C=O) groups excluding carboxylic acids is 1. The summed E-state index contributed by atoms with van der Waals surface area (Å²) in [7, 11) is 0. The number of hydrogen-bond acceptors (Lipinski definition) is 4. The maximum absolute atomic E-state index is 12.6. The molecule has 1 saturated carbocycles. The number of hydrogen-bond donors (Lipinski definition) is 2. The zero-order valence-electron chi connectivity index (χ0n) is 15.1. The number of carbonyl (C=O) groups is 1. The molecule has 2 N–H and O–H groups in total. The third-order valence-electron chi connectivity index (χ3n) is 5.19. The van der Waals surface area contributed by atoms with Crippen LogP contribution in [0.5, 0.6) is 0 Å². The van der Waals surface area contributed by atoms with E-state index in [-0.39, 0.29) is 18.6 Å². The summed E-state index contributed by atoms with van der Waals surface area (Å²) >= 11 is 0. The van der Waals surface area contributed by atoms with Crippen LogP contribution >= 0.6 is 0 Å². The van der Waals surface area contributed by atoms with Gasteiger partial charge in [0.1, 0.15) is 0 Å². The molecule has 0 unspecified atom stereocenters. The highest BCUT2D eigenvalue weighted by atomic mass is 16.3. The molecule has 0 aliphatic heterocycles. The van der Waals surface area contributed by atoms with Gasteiger partial charge in [-0.05, 0) is 62.6 Å². The molecule has 2 aromatic rings. The minimum atomic E-state index is -0.0474. The molecule has 0 radical (unpaired) electrons. The summed E-state index contributed by atoms with van der Waals surface area (Å²) in [4.78, 5) is 22.0. The number of nitrogens with one attached hydrogen (secondary N) is 1. The van der Waals surface area contributed by atoms with Crippen LogP contribution in [0.2, 0.25) is 0 Å². The fraction of sp³-hybridized carbons (Fsp3) is 0.550. The standard InChI is InChI=1S/C20H27N3O2/c1-3-16-17(4-2)23-19-11-14(7-10-18(19)22-16)20(25)21-15-8-5-13(12-24)6-9-15/h7,10-11,13,15,24H,3-6,8-9,12H2,1-2H3,(H,21,25). The van der Waals surface area contributed by atoms with Gasteiger partial charge in [-0.1, -0.05) is 13.8 Å². The predicted molar refractivity (Wildman–Crippen MR) is 98.6 cm³/mol. The fourth-order valence-electron chi connectivity index (χ4n) is 3.59. The van der Waals surface area contributed by atoms with E-state index in [1.165, 1.54) is 0 Å². The monoisotopic (exact) mass is 341 g/mol. The first-order chi connectivity index (χ1) is 12.1. The normalized spacial score (nSPS) is 20.6. The van der Waals surface area contributed by atoms with Crippen LogP contribution in [-0.2, 0) is 12.8 Å². The van der Waals surface area contributed by atoms with Crippen molar-refractivity contribution in [3.05, 3.63) is 35.2 Å². The van der Waals surface area contributed by atoms with Crippen molar-refractivity contribution in [2.45, 2.75) is 58.4 Å². The Morgan fingerprint density at radius 1 is 1.08 bits per heavy atom. The molecule has 1 aromatic carbocycles. The second-order valence-corrected chi connectivity index (χ2v) is 6.90.